The van der Waals surface area contributed by atoms with Crippen molar-refractivity contribution in [3.05, 3.63) is 95.6 Å². The molecule has 1 amide bonds. The second-order valence-corrected chi connectivity index (χ2v) is 6.85. The average Bonchev–Trinajstić information content (AvgIpc) is 2.73. The van der Waals surface area contributed by atoms with Gasteiger partial charge in [0.1, 0.15) is 5.75 Å². The largest absolute Gasteiger partial charge is 0.508 e. The molecule has 0 spiro atoms. The number of aliphatic hydroxyl groups is 1. The lowest BCUT2D eigenvalue weighted by Gasteiger charge is -2.18. The lowest BCUT2D eigenvalue weighted by Crippen LogP contribution is -2.05. The first-order valence-electron chi connectivity index (χ1n) is 9.65. The maximum Gasteiger partial charge on any atom is 0.221 e. The molecule has 3 aromatic carbocycles. The maximum atomic E-state index is 11.3. The quantitative estimate of drug-likeness (QED) is 0.495. The van der Waals surface area contributed by atoms with E-state index in [-0.39, 0.29) is 18.3 Å². The van der Waals surface area contributed by atoms with E-state index in [1.165, 1.54) is 6.92 Å². The molecular formula is C25H25NO3. The fourth-order valence-electron chi connectivity index (χ4n) is 3.38. The first-order valence-corrected chi connectivity index (χ1v) is 9.65. The topological polar surface area (TPSA) is 69.6 Å². The zero-order valence-corrected chi connectivity index (χ0v) is 16.4. The summed E-state index contributed by atoms with van der Waals surface area (Å²) in [4.78, 5) is 11.3. The van der Waals surface area contributed by atoms with Gasteiger partial charge in [0.05, 0.1) is 0 Å². The van der Waals surface area contributed by atoms with Gasteiger partial charge in [0.15, 0.2) is 0 Å². The molecule has 3 rings (SSSR count). The van der Waals surface area contributed by atoms with Crippen molar-refractivity contribution >= 4 is 22.7 Å². The number of hydrogen-bond donors (Lipinski definition) is 3. The molecule has 3 N–H and O–H groups in total. The second kappa shape index (κ2) is 9.71. The van der Waals surface area contributed by atoms with Gasteiger partial charge >= 0.3 is 0 Å². The Morgan fingerprint density at radius 2 is 1.41 bits per heavy atom. The van der Waals surface area contributed by atoms with Gasteiger partial charge < -0.3 is 15.5 Å². The molecule has 29 heavy (non-hydrogen) atoms. The van der Waals surface area contributed by atoms with Gasteiger partial charge in [-0.3, -0.25) is 4.79 Å². The smallest absolute Gasteiger partial charge is 0.221 e. The Morgan fingerprint density at radius 3 is 1.97 bits per heavy atom. The van der Waals surface area contributed by atoms with Crippen molar-refractivity contribution in [3.8, 4) is 5.75 Å². The molecule has 0 saturated heterocycles. The van der Waals surface area contributed by atoms with Crippen molar-refractivity contribution in [1.29, 1.82) is 0 Å². The summed E-state index contributed by atoms with van der Waals surface area (Å²) in [5.41, 5.74) is 5.97. The molecule has 4 nitrogen and oxygen atoms in total. The van der Waals surface area contributed by atoms with E-state index in [2.05, 4.69) is 17.4 Å². The van der Waals surface area contributed by atoms with E-state index in [0.717, 1.165) is 33.5 Å². The molecule has 3 aromatic rings. The highest BCUT2D eigenvalue weighted by Gasteiger charge is 2.14. The summed E-state index contributed by atoms with van der Waals surface area (Å²) in [6.07, 6.45) is 1.36. The fourth-order valence-corrected chi connectivity index (χ4v) is 3.38. The summed E-state index contributed by atoms with van der Waals surface area (Å²) in [6.45, 7) is 1.60. The fraction of sp³-hybridized carbons (Fsp3) is 0.160. The molecule has 148 valence electrons. The zero-order chi connectivity index (χ0) is 20.6. The van der Waals surface area contributed by atoms with Gasteiger partial charge in [-0.15, -0.1) is 0 Å². The van der Waals surface area contributed by atoms with Crippen LogP contribution in [0.25, 0.3) is 11.1 Å². The van der Waals surface area contributed by atoms with E-state index in [9.17, 15) is 15.0 Å². The molecular weight excluding hydrogens is 362 g/mol. The van der Waals surface area contributed by atoms with Crippen LogP contribution in [0.5, 0.6) is 5.75 Å². The summed E-state index contributed by atoms with van der Waals surface area (Å²) in [6, 6.07) is 25.0. The highest BCUT2D eigenvalue weighted by atomic mass is 16.3. The third kappa shape index (κ3) is 5.33. The number of nitrogens with one attached hydrogen (secondary N) is 1. The molecule has 0 aliphatic heterocycles. The molecule has 0 saturated carbocycles. The number of allylic oxidation sites excluding steroid dienone is 1. The lowest BCUT2D eigenvalue weighted by atomic mass is 9.87. The molecule has 0 aliphatic carbocycles. The van der Waals surface area contributed by atoms with E-state index in [0.29, 0.717) is 12.8 Å². The Kier molecular flexibility index (Phi) is 6.82. The minimum Gasteiger partial charge on any atom is -0.508 e. The van der Waals surface area contributed by atoms with Crippen molar-refractivity contribution in [2.45, 2.75) is 19.8 Å². The predicted molar refractivity (Wildman–Crippen MR) is 118 cm³/mol. The number of phenols is 1. The van der Waals surface area contributed by atoms with Gasteiger partial charge in [0, 0.05) is 19.2 Å². The number of amides is 1. The van der Waals surface area contributed by atoms with E-state index < -0.39 is 0 Å². The first-order chi connectivity index (χ1) is 14.1. The maximum absolute atomic E-state index is 11.3. The average molecular weight is 387 g/mol. The normalized spacial score (nSPS) is 11.7. The van der Waals surface area contributed by atoms with Crippen LogP contribution in [0, 0.1) is 0 Å². The van der Waals surface area contributed by atoms with Crippen molar-refractivity contribution in [2.24, 2.45) is 0 Å². The van der Waals surface area contributed by atoms with Gasteiger partial charge in [0.25, 0.3) is 0 Å². The Bertz CT molecular complexity index is 975. The standard InChI is InChI=1S/C25H25NO3/c1-18(28)26-22-13-9-20(10-14-22)25(21-11-15-23(29)16-12-21)24(8-5-17-27)19-6-3-2-4-7-19/h2-4,6-7,9-16,27,29H,5,8,17H2,1H3,(H,26,28)/b25-24+. The predicted octanol–water partition coefficient (Wildman–Crippen LogP) is 5.08. The summed E-state index contributed by atoms with van der Waals surface area (Å²) in [5, 5.41) is 22.0. The van der Waals surface area contributed by atoms with Gasteiger partial charge in [0.2, 0.25) is 5.91 Å². The third-order valence-electron chi connectivity index (χ3n) is 4.66. The van der Waals surface area contributed by atoms with E-state index >= 15 is 0 Å². The van der Waals surface area contributed by atoms with Crippen LogP contribution < -0.4 is 5.32 Å². The highest BCUT2D eigenvalue weighted by molar-refractivity contribution is 5.99. The van der Waals surface area contributed by atoms with Crippen LogP contribution in [-0.4, -0.2) is 22.7 Å². The van der Waals surface area contributed by atoms with Gasteiger partial charge in [-0.2, -0.15) is 0 Å². The number of anilines is 1. The van der Waals surface area contributed by atoms with Crippen LogP contribution in [0.4, 0.5) is 5.69 Å². The molecule has 0 heterocycles. The van der Waals surface area contributed by atoms with Crippen molar-refractivity contribution in [2.75, 3.05) is 11.9 Å². The summed E-state index contributed by atoms with van der Waals surface area (Å²) in [5.74, 6) is 0.102. The number of carbonyl (C=O) groups is 1. The summed E-state index contributed by atoms with van der Waals surface area (Å²) in [7, 11) is 0. The van der Waals surface area contributed by atoms with Gasteiger partial charge in [-0.05, 0) is 64.9 Å². The molecule has 0 atom stereocenters. The number of aliphatic hydroxyl groups excluding tert-OH is 1. The molecule has 0 aromatic heterocycles. The monoisotopic (exact) mass is 387 g/mol. The lowest BCUT2D eigenvalue weighted by molar-refractivity contribution is -0.114. The van der Waals surface area contributed by atoms with Crippen LogP contribution in [0.3, 0.4) is 0 Å². The van der Waals surface area contributed by atoms with Crippen molar-refractivity contribution < 1.29 is 15.0 Å². The number of aromatic hydroxyl groups is 1. The Hall–Kier alpha value is -3.37. The molecule has 4 heteroatoms. The number of hydrogen-bond acceptors (Lipinski definition) is 3. The van der Waals surface area contributed by atoms with Crippen LogP contribution in [0.15, 0.2) is 78.9 Å². The van der Waals surface area contributed by atoms with E-state index in [4.69, 9.17) is 0 Å². The van der Waals surface area contributed by atoms with Crippen molar-refractivity contribution in [1.82, 2.24) is 0 Å². The number of phenolic OH excluding ortho intramolecular Hbond substituents is 1. The molecule has 0 radical (unpaired) electrons. The SMILES string of the molecule is CC(=O)Nc1ccc(/C(=C(/CCCO)c2ccccc2)c2ccc(O)cc2)cc1. The van der Waals surface area contributed by atoms with E-state index in [1.54, 1.807) is 12.1 Å². The van der Waals surface area contributed by atoms with Crippen LogP contribution in [-0.2, 0) is 4.79 Å². The number of benzene rings is 3. The van der Waals surface area contributed by atoms with Gasteiger partial charge in [-0.25, -0.2) is 0 Å². The molecule has 0 fully saturated rings. The van der Waals surface area contributed by atoms with Crippen LogP contribution in [0.1, 0.15) is 36.5 Å². The molecule has 0 bridgehead atoms. The Balaban J connectivity index is 2.18. The Morgan fingerprint density at radius 1 is 0.828 bits per heavy atom. The molecule has 0 aliphatic rings. The summed E-state index contributed by atoms with van der Waals surface area (Å²) >= 11 is 0. The third-order valence-corrected chi connectivity index (χ3v) is 4.66. The Labute approximate surface area is 171 Å². The minimum absolute atomic E-state index is 0.111. The molecule has 0 unspecified atom stereocenters. The minimum atomic E-state index is -0.111. The van der Waals surface area contributed by atoms with Gasteiger partial charge in [-0.1, -0.05) is 54.6 Å². The second-order valence-electron chi connectivity index (χ2n) is 6.85. The van der Waals surface area contributed by atoms with E-state index in [1.807, 2.05) is 54.6 Å². The first kappa shape index (κ1) is 20.4. The van der Waals surface area contributed by atoms with Crippen LogP contribution in [0.2, 0.25) is 0 Å². The summed E-state index contributed by atoms with van der Waals surface area (Å²) < 4.78 is 0. The number of rotatable bonds is 7. The zero-order valence-electron chi connectivity index (χ0n) is 16.4. The number of carbonyl (C=O) groups excluding carboxylic acids is 1. The highest BCUT2D eigenvalue weighted by Crippen LogP contribution is 2.36. The van der Waals surface area contributed by atoms with Crippen LogP contribution >= 0.6 is 0 Å². The van der Waals surface area contributed by atoms with Crippen molar-refractivity contribution in [3.63, 3.8) is 0 Å².